The van der Waals surface area contributed by atoms with E-state index in [9.17, 15) is 4.39 Å². The van der Waals surface area contributed by atoms with Crippen LogP contribution in [0.25, 0.3) is 11.4 Å². The predicted molar refractivity (Wildman–Crippen MR) is 78.7 cm³/mol. The maximum atomic E-state index is 13.5. The number of anilines is 1. The zero-order valence-electron chi connectivity index (χ0n) is 12.2. The summed E-state index contributed by atoms with van der Waals surface area (Å²) in [5.41, 5.74) is 6.98. The summed E-state index contributed by atoms with van der Waals surface area (Å²) in [6, 6.07) is 4.28. The Kier molecular flexibility index (Phi) is 3.86. The highest BCUT2D eigenvalue weighted by Crippen LogP contribution is 2.32. The van der Waals surface area contributed by atoms with Gasteiger partial charge in [0.25, 0.3) is 0 Å². The van der Waals surface area contributed by atoms with Crippen LogP contribution >= 0.6 is 0 Å². The van der Waals surface area contributed by atoms with E-state index < -0.39 is 0 Å². The number of benzene rings is 1. The van der Waals surface area contributed by atoms with Crippen molar-refractivity contribution in [3.05, 3.63) is 24.0 Å². The first-order valence-corrected chi connectivity index (χ1v) is 7.46. The van der Waals surface area contributed by atoms with E-state index in [-0.39, 0.29) is 5.82 Å². The molecule has 1 heterocycles. The molecule has 5 nitrogen and oxygen atoms in total. The lowest BCUT2D eigenvalue weighted by atomic mass is 9.80. The van der Waals surface area contributed by atoms with Gasteiger partial charge in [-0.1, -0.05) is 26.2 Å². The topological polar surface area (TPSA) is 69.6 Å². The van der Waals surface area contributed by atoms with E-state index in [0.717, 1.165) is 6.54 Å². The first-order valence-electron chi connectivity index (χ1n) is 7.46. The molecule has 6 heteroatoms. The third kappa shape index (κ3) is 2.89. The SMILES string of the molecule is CC1CCCCC1Cn1nnnc1-c1cc(F)ccc1N. The van der Waals surface area contributed by atoms with Crippen LogP contribution < -0.4 is 5.73 Å². The largest absolute Gasteiger partial charge is 0.398 e. The maximum absolute atomic E-state index is 13.5. The van der Waals surface area contributed by atoms with Crippen molar-refractivity contribution in [3.63, 3.8) is 0 Å². The highest BCUT2D eigenvalue weighted by Gasteiger charge is 2.24. The zero-order valence-corrected chi connectivity index (χ0v) is 12.2. The van der Waals surface area contributed by atoms with Crippen molar-refractivity contribution in [1.82, 2.24) is 20.2 Å². The Morgan fingerprint density at radius 3 is 2.95 bits per heavy atom. The summed E-state index contributed by atoms with van der Waals surface area (Å²) in [6.45, 7) is 3.05. The van der Waals surface area contributed by atoms with Gasteiger partial charge in [-0.2, -0.15) is 0 Å². The van der Waals surface area contributed by atoms with Crippen LogP contribution in [0.1, 0.15) is 32.6 Å². The minimum Gasteiger partial charge on any atom is -0.398 e. The molecule has 0 amide bonds. The third-order valence-electron chi connectivity index (χ3n) is 4.48. The van der Waals surface area contributed by atoms with E-state index in [4.69, 9.17) is 5.73 Å². The predicted octanol–water partition coefficient (Wildman–Crippen LogP) is 2.89. The lowest BCUT2D eigenvalue weighted by Gasteiger charge is -2.28. The van der Waals surface area contributed by atoms with Crippen molar-refractivity contribution in [3.8, 4) is 11.4 Å². The number of halogens is 1. The molecule has 2 atom stereocenters. The minimum atomic E-state index is -0.334. The van der Waals surface area contributed by atoms with Gasteiger partial charge < -0.3 is 5.73 Å². The van der Waals surface area contributed by atoms with Gasteiger partial charge in [0.15, 0.2) is 5.82 Å². The average Bonchev–Trinajstić information content (AvgIpc) is 2.92. The molecular formula is C15H20FN5. The Balaban J connectivity index is 1.88. The fourth-order valence-electron chi connectivity index (χ4n) is 3.13. The Hall–Kier alpha value is -1.98. The van der Waals surface area contributed by atoms with E-state index in [0.29, 0.717) is 28.9 Å². The van der Waals surface area contributed by atoms with Crippen LogP contribution in [-0.2, 0) is 6.54 Å². The van der Waals surface area contributed by atoms with Crippen LogP contribution in [0.3, 0.4) is 0 Å². The molecule has 2 N–H and O–H groups in total. The summed E-state index contributed by atoms with van der Waals surface area (Å²) in [7, 11) is 0. The molecule has 1 aromatic carbocycles. The van der Waals surface area contributed by atoms with Gasteiger partial charge in [0, 0.05) is 17.8 Å². The molecule has 0 bridgehead atoms. The number of nitrogens with zero attached hydrogens (tertiary/aromatic N) is 4. The summed E-state index contributed by atoms with van der Waals surface area (Å²) in [4.78, 5) is 0. The molecule has 3 rings (SSSR count). The van der Waals surface area contributed by atoms with Crippen LogP contribution in [0.4, 0.5) is 10.1 Å². The first-order chi connectivity index (χ1) is 10.1. The molecule has 1 fully saturated rings. The van der Waals surface area contributed by atoms with Crippen molar-refractivity contribution in [2.24, 2.45) is 11.8 Å². The molecule has 1 aliphatic carbocycles. The van der Waals surface area contributed by atoms with E-state index in [1.54, 1.807) is 10.7 Å². The van der Waals surface area contributed by atoms with E-state index in [1.165, 1.54) is 37.8 Å². The molecule has 1 aliphatic rings. The van der Waals surface area contributed by atoms with Crippen molar-refractivity contribution in [2.45, 2.75) is 39.2 Å². The van der Waals surface area contributed by atoms with Gasteiger partial charge in [0.05, 0.1) is 0 Å². The van der Waals surface area contributed by atoms with Crippen molar-refractivity contribution in [1.29, 1.82) is 0 Å². The standard InChI is InChI=1S/C15H20FN5/c1-10-4-2-3-5-11(10)9-21-15(18-19-20-21)13-8-12(16)6-7-14(13)17/h6-8,10-11H,2-5,9,17H2,1H3. The lowest BCUT2D eigenvalue weighted by molar-refractivity contribution is 0.221. The maximum Gasteiger partial charge on any atom is 0.184 e. The van der Waals surface area contributed by atoms with Gasteiger partial charge in [-0.25, -0.2) is 9.07 Å². The van der Waals surface area contributed by atoms with Crippen molar-refractivity contribution >= 4 is 5.69 Å². The van der Waals surface area contributed by atoms with E-state index in [2.05, 4.69) is 22.4 Å². The fourth-order valence-corrected chi connectivity index (χ4v) is 3.13. The van der Waals surface area contributed by atoms with Crippen LogP contribution in [0.5, 0.6) is 0 Å². The summed E-state index contributed by atoms with van der Waals surface area (Å²) in [5, 5.41) is 11.8. The van der Waals surface area contributed by atoms with Crippen molar-refractivity contribution in [2.75, 3.05) is 5.73 Å². The van der Waals surface area contributed by atoms with Crippen LogP contribution in [0.2, 0.25) is 0 Å². The Bertz CT molecular complexity index is 624. The molecule has 1 aromatic heterocycles. The van der Waals surface area contributed by atoms with Crippen LogP contribution in [-0.4, -0.2) is 20.2 Å². The summed E-state index contributed by atoms with van der Waals surface area (Å²) in [6.07, 6.45) is 5.01. The molecule has 0 saturated heterocycles. The molecule has 0 radical (unpaired) electrons. The highest BCUT2D eigenvalue weighted by atomic mass is 19.1. The molecule has 2 aromatic rings. The number of nitrogens with two attached hydrogens (primary N) is 1. The molecule has 0 aliphatic heterocycles. The van der Waals surface area contributed by atoms with Gasteiger partial charge in [-0.05, 0) is 46.9 Å². The minimum absolute atomic E-state index is 0.334. The molecule has 2 unspecified atom stereocenters. The second kappa shape index (κ2) is 5.79. The Morgan fingerprint density at radius 2 is 2.14 bits per heavy atom. The van der Waals surface area contributed by atoms with Crippen LogP contribution in [0.15, 0.2) is 18.2 Å². The van der Waals surface area contributed by atoms with Crippen LogP contribution in [0, 0.1) is 17.7 Å². The van der Waals surface area contributed by atoms with Gasteiger partial charge in [0.2, 0.25) is 0 Å². The number of tetrazole rings is 1. The Morgan fingerprint density at radius 1 is 1.33 bits per heavy atom. The monoisotopic (exact) mass is 289 g/mol. The van der Waals surface area contributed by atoms with Gasteiger partial charge in [0.1, 0.15) is 5.82 Å². The van der Waals surface area contributed by atoms with Gasteiger partial charge in [-0.3, -0.25) is 0 Å². The Labute approximate surface area is 123 Å². The van der Waals surface area contributed by atoms with Crippen molar-refractivity contribution < 1.29 is 4.39 Å². The summed E-state index contributed by atoms with van der Waals surface area (Å²) < 4.78 is 15.2. The fraction of sp³-hybridized carbons (Fsp3) is 0.533. The summed E-state index contributed by atoms with van der Waals surface area (Å²) >= 11 is 0. The third-order valence-corrected chi connectivity index (χ3v) is 4.48. The second-order valence-corrected chi connectivity index (χ2v) is 5.94. The molecule has 21 heavy (non-hydrogen) atoms. The summed E-state index contributed by atoms with van der Waals surface area (Å²) in [5.74, 6) is 1.45. The van der Waals surface area contributed by atoms with E-state index in [1.807, 2.05) is 0 Å². The molecular weight excluding hydrogens is 269 g/mol. The average molecular weight is 289 g/mol. The number of nitrogen functional groups attached to an aromatic ring is 1. The number of rotatable bonds is 3. The normalized spacial score (nSPS) is 22.4. The number of aromatic nitrogens is 4. The lowest BCUT2D eigenvalue weighted by Crippen LogP contribution is -2.23. The molecule has 112 valence electrons. The second-order valence-electron chi connectivity index (χ2n) is 5.94. The first kappa shape index (κ1) is 14.0. The number of hydrogen-bond acceptors (Lipinski definition) is 4. The zero-order chi connectivity index (χ0) is 14.8. The van der Waals surface area contributed by atoms with Gasteiger partial charge in [-0.15, -0.1) is 5.10 Å². The number of hydrogen-bond donors (Lipinski definition) is 1. The smallest absolute Gasteiger partial charge is 0.184 e. The highest BCUT2D eigenvalue weighted by molar-refractivity contribution is 5.71. The quantitative estimate of drug-likeness (QED) is 0.882. The van der Waals surface area contributed by atoms with E-state index >= 15 is 0 Å². The molecule has 0 spiro atoms. The molecule has 1 saturated carbocycles. The van der Waals surface area contributed by atoms with Gasteiger partial charge >= 0.3 is 0 Å².